The summed E-state index contributed by atoms with van der Waals surface area (Å²) in [5.74, 6) is 4.53. The largest absolute Gasteiger partial charge is 0.482 e. The number of hydrogen-bond donors (Lipinski definition) is 0. The maximum Gasteiger partial charge on any atom is 0.167 e. The summed E-state index contributed by atoms with van der Waals surface area (Å²) >= 11 is 0. The van der Waals surface area contributed by atoms with E-state index in [1.807, 2.05) is 146 Å². The van der Waals surface area contributed by atoms with Crippen molar-refractivity contribution in [1.82, 2.24) is 48.2 Å². The highest BCUT2D eigenvalue weighted by Gasteiger charge is 2.41. The summed E-state index contributed by atoms with van der Waals surface area (Å²) in [6.45, 7) is 0. The molecule has 133 heavy (non-hydrogen) atoms. The Morgan fingerprint density at radius 2 is 0.556 bits per heavy atom. The van der Waals surface area contributed by atoms with Gasteiger partial charge in [0, 0.05) is 121 Å². The lowest BCUT2D eigenvalue weighted by molar-refractivity contribution is 0.273. The van der Waals surface area contributed by atoms with Gasteiger partial charge in [0.2, 0.25) is 0 Å². The minimum atomic E-state index is -0.284. The summed E-state index contributed by atoms with van der Waals surface area (Å²) in [6.07, 6.45) is 6.37. The number of hydrogen-bond acceptors (Lipinski definition) is 9. The number of nitrogens with zero attached hydrogens (tertiary/aromatic N) is 10. The van der Waals surface area contributed by atoms with Crippen LogP contribution in [0.2, 0.25) is 0 Å². The molecule has 1 aliphatic heterocycles. The zero-order chi connectivity index (χ0) is 87.0. The molecule has 0 spiro atoms. The van der Waals surface area contributed by atoms with Gasteiger partial charge in [-0.3, -0.25) is 0 Å². The molecule has 1 aliphatic carbocycles. The van der Waals surface area contributed by atoms with E-state index in [4.69, 9.17) is 43.5 Å². The van der Waals surface area contributed by atoms with Crippen LogP contribution in [0.5, 0.6) is 5.75 Å². The highest BCUT2D eigenvalue weighted by molar-refractivity contribution is 6.27. The van der Waals surface area contributed by atoms with E-state index in [1.165, 1.54) is 64.6 Å². The van der Waals surface area contributed by atoms with Crippen LogP contribution in [0.15, 0.2) is 434 Å². The van der Waals surface area contributed by atoms with E-state index in [-0.39, 0.29) is 12.0 Å². The molecular formula is C120H72N10O3. The molecule has 8 aromatic heterocycles. The molecule has 0 N–H and O–H groups in total. The van der Waals surface area contributed by atoms with Crippen molar-refractivity contribution < 1.29 is 13.6 Å². The summed E-state index contributed by atoms with van der Waals surface area (Å²) < 4.78 is 29.6. The predicted molar refractivity (Wildman–Crippen MR) is 542 cm³/mol. The van der Waals surface area contributed by atoms with Gasteiger partial charge < -0.3 is 31.8 Å². The lowest BCUT2D eigenvalue weighted by Gasteiger charge is -2.25. The number of para-hydroxylation sites is 7. The molecule has 2 aliphatic rings. The summed E-state index contributed by atoms with van der Waals surface area (Å²) in [5, 5.41) is 21.1. The molecule has 29 rings (SSSR count). The van der Waals surface area contributed by atoms with Crippen LogP contribution in [0.3, 0.4) is 0 Å². The van der Waals surface area contributed by atoms with Crippen molar-refractivity contribution in [2.75, 3.05) is 0 Å². The molecule has 13 nitrogen and oxygen atoms in total. The first kappa shape index (κ1) is 74.2. The van der Waals surface area contributed by atoms with Crippen LogP contribution < -0.4 is 4.74 Å². The maximum atomic E-state index is 7.21. The molecule has 0 bridgehead atoms. The van der Waals surface area contributed by atoms with E-state index in [0.717, 1.165) is 166 Å². The van der Waals surface area contributed by atoms with Gasteiger partial charge in [-0.25, -0.2) is 29.9 Å². The molecule has 13 heteroatoms. The Morgan fingerprint density at radius 3 is 1.03 bits per heavy atom. The lowest BCUT2D eigenvalue weighted by atomic mass is 9.89. The van der Waals surface area contributed by atoms with Gasteiger partial charge in [-0.2, -0.15) is 0 Å². The minimum absolute atomic E-state index is 0.0112. The molecule has 2 atom stereocenters. The van der Waals surface area contributed by atoms with E-state index in [9.17, 15) is 0 Å². The fourth-order valence-corrected chi connectivity index (χ4v) is 21.3. The van der Waals surface area contributed by atoms with E-state index in [0.29, 0.717) is 34.9 Å². The lowest BCUT2D eigenvalue weighted by Crippen LogP contribution is -2.24. The van der Waals surface area contributed by atoms with Crippen molar-refractivity contribution in [3.8, 4) is 91.1 Å². The van der Waals surface area contributed by atoms with Gasteiger partial charge in [0.05, 0.1) is 55.4 Å². The van der Waals surface area contributed by atoms with Crippen molar-refractivity contribution in [1.29, 1.82) is 0 Å². The summed E-state index contributed by atoms with van der Waals surface area (Å²) in [5.41, 5.74) is 23.8. The second kappa shape index (κ2) is 29.3. The Labute approximate surface area is 759 Å². The number of fused-ring (bicyclic) bond motifs is 27. The highest BCUT2D eigenvalue weighted by atomic mass is 16.5. The molecule has 27 aromatic rings. The topological polar surface area (TPSA) is 133 Å². The van der Waals surface area contributed by atoms with Crippen molar-refractivity contribution in [3.05, 3.63) is 430 Å². The maximum absolute atomic E-state index is 7.21. The van der Waals surface area contributed by atoms with E-state index in [2.05, 4.69) is 297 Å². The van der Waals surface area contributed by atoms with Gasteiger partial charge in [-0.15, -0.1) is 0 Å². The van der Waals surface area contributed by atoms with E-state index >= 15 is 0 Å². The molecule has 620 valence electrons. The Bertz CT molecular complexity index is 9520. The van der Waals surface area contributed by atoms with Crippen LogP contribution in [-0.4, -0.2) is 54.3 Å². The average molecular weight is 1700 g/mol. The predicted octanol–water partition coefficient (Wildman–Crippen LogP) is 30.4. The molecule has 0 saturated heterocycles. The van der Waals surface area contributed by atoms with Crippen LogP contribution in [0.4, 0.5) is 0 Å². The standard InChI is InChI=1S/C63H37N5O.C57H35N5O2/c1-3-15-38(16-4-1)61-64-62(39-17-5-2-6-18-39)66-63(65-61)40-27-30-45-46-31-28-41(34-51(46)44-20-8-7-19-43(44)50(45)33-40)67-55-24-12-9-21-47(55)52-35-42(29-32-57(52)67)68-56-25-13-10-22-48(56)53-37-60-54(36-58(53)68)49-23-11-14-26-59(49)69-60;1-3-15-34(16-4-1)55-58-56(35-17-5-2-6-18-35)60-57(59-55)42-24-13-22-40-41-23-14-27-49(54(41)64-53(40)42)62-47-26-11-8-19-37(47)43-31-36(29-30-48(43)62)61-46-25-10-7-20-38(46)44-33-52-45(32-50(44)61)39-21-9-12-28-51(39)63-52/h1-37H;1-33,41,54H. The molecule has 9 heterocycles. The molecule has 0 amide bonds. The number of benzene rings is 19. The zero-order valence-corrected chi connectivity index (χ0v) is 71.3. The van der Waals surface area contributed by atoms with Crippen LogP contribution in [-0.2, 0) is 0 Å². The van der Waals surface area contributed by atoms with Crippen LogP contribution in [0.1, 0.15) is 11.5 Å². The van der Waals surface area contributed by atoms with Gasteiger partial charge in [0.25, 0.3) is 0 Å². The van der Waals surface area contributed by atoms with Crippen molar-refractivity contribution in [2.45, 2.75) is 12.0 Å². The smallest absolute Gasteiger partial charge is 0.167 e. The second-order valence-corrected chi connectivity index (χ2v) is 34.6. The molecule has 0 saturated carbocycles. The molecule has 2 unspecified atom stereocenters. The normalized spacial score (nSPS) is 13.8. The Hall–Kier alpha value is -17.9. The fraction of sp³-hybridized carbons (Fsp3) is 0.0167. The first-order valence-electron chi connectivity index (χ1n) is 45.0. The molecule has 0 fully saturated rings. The van der Waals surface area contributed by atoms with Crippen LogP contribution >= 0.6 is 0 Å². The Kier molecular flexibility index (Phi) is 16.3. The zero-order valence-electron chi connectivity index (χ0n) is 71.3. The number of rotatable bonds is 10. The first-order chi connectivity index (χ1) is 65.9. The van der Waals surface area contributed by atoms with Crippen molar-refractivity contribution in [3.63, 3.8) is 0 Å². The quantitative estimate of drug-likeness (QED) is 0.123. The van der Waals surface area contributed by atoms with E-state index in [1.54, 1.807) is 0 Å². The number of ether oxygens (including phenoxy) is 1. The fourth-order valence-electron chi connectivity index (χ4n) is 21.3. The third kappa shape index (κ3) is 11.6. The summed E-state index contributed by atoms with van der Waals surface area (Å²) in [4.78, 5) is 30.2. The summed E-state index contributed by atoms with van der Waals surface area (Å²) in [7, 11) is 0. The first-order valence-corrected chi connectivity index (χ1v) is 45.0. The average Bonchev–Trinajstić information content (AvgIpc) is 1.48. The Morgan fingerprint density at radius 1 is 0.211 bits per heavy atom. The monoisotopic (exact) mass is 1700 g/mol. The highest BCUT2D eigenvalue weighted by Crippen LogP contribution is 2.52. The van der Waals surface area contributed by atoms with Gasteiger partial charge in [0.1, 0.15) is 34.2 Å². The molecule has 0 radical (unpaired) electrons. The van der Waals surface area contributed by atoms with E-state index < -0.39 is 0 Å². The van der Waals surface area contributed by atoms with Crippen LogP contribution in [0.25, 0.3) is 255 Å². The van der Waals surface area contributed by atoms with Gasteiger partial charge in [0.15, 0.2) is 34.9 Å². The Balaban J connectivity index is 0.000000133. The minimum Gasteiger partial charge on any atom is -0.482 e. The third-order valence-corrected chi connectivity index (χ3v) is 27.3. The molecule has 19 aromatic carbocycles. The second-order valence-electron chi connectivity index (χ2n) is 34.6. The number of furan rings is 2. The van der Waals surface area contributed by atoms with Crippen molar-refractivity contribution >= 4 is 169 Å². The van der Waals surface area contributed by atoms with Gasteiger partial charge >= 0.3 is 0 Å². The number of aromatic nitrogens is 10. The van der Waals surface area contributed by atoms with Gasteiger partial charge in [-0.1, -0.05) is 297 Å². The molecular weight excluding hydrogens is 1630 g/mol. The third-order valence-electron chi connectivity index (χ3n) is 27.3. The SMILES string of the molecule is C1=CC2c3cccc(-c4nc(-c5ccccc5)nc(-c5ccccc5)n4)c3OC2C(n2c3ccccc3c3cc(-n4c5ccccc5c5cc6oc7ccccc7c6cc54)ccc32)=C1.c1ccc(-c2nc(-c3ccccc3)nc(-c3ccc4c5ccc(-n6c7ccccc7c7cc(-n8c9ccccc9c9cc%10oc%11ccccc%11c%10cc98)ccc76)cc5c5ccccc5c4c3)n2)cc1. The van der Waals surface area contributed by atoms with Crippen LogP contribution in [0, 0.1) is 0 Å². The summed E-state index contributed by atoms with van der Waals surface area (Å²) in [6, 6.07) is 144. The number of allylic oxidation sites excluding steroid dienone is 2. The van der Waals surface area contributed by atoms with Gasteiger partial charge in [-0.05, 0) is 160 Å². The van der Waals surface area contributed by atoms with Crippen molar-refractivity contribution in [2.24, 2.45) is 0 Å².